The summed E-state index contributed by atoms with van der Waals surface area (Å²) >= 11 is 12.5. The molecule has 5 nitrogen and oxygen atoms in total. The van der Waals surface area contributed by atoms with E-state index in [2.05, 4.69) is 31.4 Å². The highest BCUT2D eigenvalue weighted by Crippen LogP contribution is 2.58. The average molecular weight is 502 g/mol. The molecule has 4 rings (SSSR count). The zero-order chi connectivity index (χ0) is 24.8. The van der Waals surface area contributed by atoms with Gasteiger partial charge in [-0.3, -0.25) is 14.9 Å². The van der Waals surface area contributed by atoms with E-state index in [-0.39, 0.29) is 23.1 Å². The van der Waals surface area contributed by atoms with Gasteiger partial charge in [0.15, 0.2) is 0 Å². The zero-order valence-electron chi connectivity index (χ0n) is 20.4. The molecule has 2 aliphatic rings. The summed E-state index contributed by atoms with van der Waals surface area (Å²) in [6, 6.07) is 12.2. The molecule has 1 fully saturated rings. The molecule has 7 heteroatoms. The molecule has 2 aromatic carbocycles. The van der Waals surface area contributed by atoms with Gasteiger partial charge in [0, 0.05) is 34.7 Å². The van der Waals surface area contributed by atoms with Crippen molar-refractivity contribution in [3.63, 3.8) is 0 Å². The number of amides is 2. The Balaban J connectivity index is 1.97. The standard InChI is InChI=1S/C27H33Cl2N3O2/c1-6-32(7-2)24(33)22-20(15-26(3,4)5)27(23(31-22)16-8-10-17(28)11-9-16)19-13-12-18(29)14-21(19)30-25(27)34/h8-14,20,22-23,31H,6-7,15H2,1-5H3,(H,30,34). The van der Waals surface area contributed by atoms with Crippen LogP contribution < -0.4 is 10.6 Å². The number of halogens is 2. The quantitative estimate of drug-likeness (QED) is 0.542. The van der Waals surface area contributed by atoms with Gasteiger partial charge >= 0.3 is 0 Å². The van der Waals surface area contributed by atoms with Crippen molar-refractivity contribution in [3.05, 3.63) is 63.6 Å². The van der Waals surface area contributed by atoms with Crippen LogP contribution in [-0.4, -0.2) is 35.8 Å². The molecule has 0 bridgehead atoms. The minimum atomic E-state index is -0.964. The maximum Gasteiger partial charge on any atom is 0.240 e. The van der Waals surface area contributed by atoms with Crippen molar-refractivity contribution in [1.29, 1.82) is 0 Å². The first-order valence-corrected chi connectivity index (χ1v) is 12.7. The van der Waals surface area contributed by atoms with Gasteiger partial charge in [-0.2, -0.15) is 0 Å². The highest BCUT2D eigenvalue weighted by atomic mass is 35.5. The van der Waals surface area contributed by atoms with Crippen LogP contribution in [0.15, 0.2) is 42.5 Å². The lowest BCUT2D eigenvalue weighted by Gasteiger charge is -2.38. The molecule has 4 atom stereocenters. The summed E-state index contributed by atoms with van der Waals surface area (Å²) in [5.41, 5.74) is 1.46. The molecule has 4 unspecified atom stereocenters. The summed E-state index contributed by atoms with van der Waals surface area (Å²) in [5.74, 6) is -0.324. The lowest BCUT2D eigenvalue weighted by atomic mass is 9.62. The molecule has 2 aromatic rings. The van der Waals surface area contributed by atoms with Crippen LogP contribution in [0.2, 0.25) is 10.0 Å². The second-order valence-corrected chi connectivity index (χ2v) is 11.4. The van der Waals surface area contributed by atoms with Crippen LogP contribution in [0.4, 0.5) is 5.69 Å². The van der Waals surface area contributed by atoms with E-state index in [1.54, 1.807) is 6.07 Å². The fourth-order valence-electron chi connectivity index (χ4n) is 5.82. The fourth-order valence-corrected chi connectivity index (χ4v) is 6.11. The van der Waals surface area contributed by atoms with Gasteiger partial charge in [-0.05, 0) is 61.1 Å². The summed E-state index contributed by atoms with van der Waals surface area (Å²) in [5, 5.41) is 7.93. The normalized spacial score (nSPS) is 26.0. The molecule has 0 aliphatic carbocycles. The molecular formula is C27H33Cl2N3O2. The van der Waals surface area contributed by atoms with Crippen LogP contribution in [-0.2, 0) is 15.0 Å². The number of nitrogens with zero attached hydrogens (tertiary/aromatic N) is 1. The van der Waals surface area contributed by atoms with E-state index in [0.717, 1.165) is 11.1 Å². The number of hydrogen-bond acceptors (Lipinski definition) is 3. The lowest BCUT2D eigenvalue weighted by molar-refractivity contribution is -0.134. The maximum atomic E-state index is 14.0. The Kier molecular flexibility index (Phi) is 6.75. The Morgan fingerprint density at radius 3 is 2.24 bits per heavy atom. The molecule has 2 heterocycles. The Hall–Kier alpha value is -2.08. The van der Waals surface area contributed by atoms with Crippen molar-refractivity contribution in [2.75, 3.05) is 18.4 Å². The monoisotopic (exact) mass is 501 g/mol. The largest absolute Gasteiger partial charge is 0.342 e. The van der Waals surface area contributed by atoms with E-state index in [9.17, 15) is 9.59 Å². The summed E-state index contributed by atoms with van der Waals surface area (Å²) in [6.45, 7) is 11.7. The molecule has 1 saturated heterocycles. The summed E-state index contributed by atoms with van der Waals surface area (Å²) in [6.07, 6.45) is 0.692. The predicted molar refractivity (Wildman–Crippen MR) is 138 cm³/mol. The molecule has 2 aliphatic heterocycles. The van der Waals surface area contributed by atoms with Crippen LogP contribution >= 0.6 is 23.2 Å². The number of carbonyl (C=O) groups is 2. The second-order valence-electron chi connectivity index (χ2n) is 10.5. The second kappa shape index (κ2) is 9.18. The van der Waals surface area contributed by atoms with Crippen molar-refractivity contribution < 1.29 is 9.59 Å². The van der Waals surface area contributed by atoms with E-state index in [4.69, 9.17) is 23.2 Å². The minimum Gasteiger partial charge on any atom is -0.342 e. The molecule has 34 heavy (non-hydrogen) atoms. The summed E-state index contributed by atoms with van der Waals surface area (Å²) < 4.78 is 0. The summed E-state index contributed by atoms with van der Waals surface area (Å²) in [7, 11) is 0. The number of benzene rings is 2. The van der Waals surface area contributed by atoms with E-state index in [0.29, 0.717) is 35.2 Å². The van der Waals surface area contributed by atoms with Gasteiger partial charge in [-0.1, -0.05) is 62.2 Å². The molecule has 1 spiro atoms. The van der Waals surface area contributed by atoms with Gasteiger partial charge in [0.2, 0.25) is 11.8 Å². The highest BCUT2D eigenvalue weighted by molar-refractivity contribution is 6.31. The number of rotatable bonds is 5. The molecule has 2 N–H and O–H groups in total. The van der Waals surface area contributed by atoms with Gasteiger partial charge in [0.25, 0.3) is 0 Å². The molecule has 0 radical (unpaired) electrons. The number of nitrogens with one attached hydrogen (secondary N) is 2. The minimum absolute atomic E-state index is 0.0327. The Bertz CT molecular complexity index is 1090. The number of carbonyl (C=O) groups excluding carboxylic acids is 2. The van der Waals surface area contributed by atoms with Crippen molar-refractivity contribution in [2.24, 2.45) is 11.3 Å². The van der Waals surface area contributed by atoms with Gasteiger partial charge in [-0.15, -0.1) is 0 Å². The Morgan fingerprint density at radius 1 is 1.03 bits per heavy atom. The average Bonchev–Trinajstić information content (AvgIpc) is 3.24. The maximum absolute atomic E-state index is 14.0. The van der Waals surface area contributed by atoms with Crippen LogP contribution in [0.3, 0.4) is 0 Å². The number of anilines is 1. The SMILES string of the molecule is CCN(CC)C(=O)C1NC(c2ccc(Cl)cc2)C2(C(=O)Nc3cc(Cl)ccc32)C1CC(C)(C)C. The van der Waals surface area contributed by atoms with Crippen LogP contribution in [0.5, 0.6) is 0 Å². The van der Waals surface area contributed by atoms with Gasteiger partial charge in [-0.25, -0.2) is 0 Å². The van der Waals surface area contributed by atoms with Crippen LogP contribution in [0, 0.1) is 11.3 Å². The third-order valence-electron chi connectivity index (χ3n) is 7.22. The van der Waals surface area contributed by atoms with Crippen LogP contribution in [0.25, 0.3) is 0 Å². The lowest BCUT2D eigenvalue weighted by Crippen LogP contribution is -2.50. The smallest absolute Gasteiger partial charge is 0.240 e. The molecule has 2 amide bonds. The van der Waals surface area contributed by atoms with Gasteiger partial charge in [0.1, 0.15) is 5.41 Å². The predicted octanol–water partition coefficient (Wildman–Crippen LogP) is 5.82. The highest BCUT2D eigenvalue weighted by Gasteiger charge is 2.65. The van der Waals surface area contributed by atoms with E-state index >= 15 is 0 Å². The number of fused-ring (bicyclic) bond motifs is 2. The third kappa shape index (κ3) is 4.12. The van der Waals surface area contributed by atoms with Crippen molar-refractivity contribution >= 4 is 40.7 Å². The zero-order valence-corrected chi connectivity index (χ0v) is 21.9. The first kappa shape index (κ1) is 25.0. The van der Waals surface area contributed by atoms with E-state index in [1.165, 1.54) is 0 Å². The molecule has 0 saturated carbocycles. The Labute approximate surface area is 212 Å². The number of hydrogen-bond donors (Lipinski definition) is 2. The van der Waals surface area contributed by atoms with Crippen molar-refractivity contribution in [3.8, 4) is 0 Å². The first-order chi connectivity index (χ1) is 16.0. The van der Waals surface area contributed by atoms with Crippen molar-refractivity contribution in [2.45, 2.75) is 58.5 Å². The third-order valence-corrected chi connectivity index (χ3v) is 7.70. The van der Waals surface area contributed by atoms with E-state index < -0.39 is 17.5 Å². The fraction of sp³-hybridized carbons (Fsp3) is 0.481. The molecular weight excluding hydrogens is 469 g/mol. The summed E-state index contributed by atoms with van der Waals surface area (Å²) in [4.78, 5) is 29.7. The molecule has 182 valence electrons. The first-order valence-electron chi connectivity index (χ1n) is 11.9. The van der Waals surface area contributed by atoms with Crippen molar-refractivity contribution in [1.82, 2.24) is 10.2 Å². The number of likely N-dealkylation sites (N-methyl/N-ethyl adjacent to an activating group) is 1. The Morgan fingerprint density at radius 2 is 1.65 bits per heavy atom. The van der Waals surface area contributed by atoms with Gasteiger partial charge < -0.3 is 10.2 Å². The van der Waals surface area contributed by atoms with Crippen LogP contribution in [0.1, 0.15) is 58.2 Å². The van der Waals surface area contributed by atoms with Gasteiger partial charge in [0.05, 0.1) is 12.1 Å². The molecule has 0 aromatic heterocycles. The van der Waals surface area contributed by atoms with E-state index in [1.807, 2.05) is 55.1 Å². The topological polar surface area (TPSA) is 61.4 Å².